The maximum Gasteiger partial charge on any atom is 0.407 e. The van der Waals surface area contributed by atoms with Gasteiger partial charge in [0.05, 0.1) is 23.2 Å². The lowest BCUT2D eigenvalue weighted by Gasteiger charge is -2.29. The maximum absolute atomic E-state index is 15.4. The number of fused-ring (bicyclic) bond motifs is 1. The van der Waals surface area contributed by atoms with Crippen molar-refractivity contribution < 1.29 is 18.7 Å². The first-order valence-electron chi connectivity index (χ1n) is 13.5. The molecule has 4 aromatic rings. The predicted molar refractivity (Wildman–Crippen MR) is 163 cm³/mol. The molecule has 0 spiro atoms. The number of carbonyl (C=O) groups excluding carboxylic acids is 2. The largest absolute Gasteiger partial charge is 0.444 e. The van der Waals surface area contributed by atoms with Crippen LogP contribution in [0.2, 0.25) is 0 Å². The molecule has 2 aromatic carbocycles. The van der Waals surface area contributed by atoms with Gasteiger partial charge in [0.25, 0.3) is 5.91 Å². The Morgan fingerprint density at radius 1 is 1.07 bits per heavy atom. The Balaban J connectivity index is 1.70. The molecule has 0 aliphatic carbocycles. The monoisotopic (exact) mass is 576 g/mol. The average Bonchev–Trinajstić information content (AvgIpc) is 3.23. The fourth-order valence-corrected chi connectivity index (χ4v) is 4.55. The van der Waals surface area contributed by atoms with Gasteiger partial charge in [-0.25, -0.2) is 14.2 Å². The molecule has 2 amide bonds. The van der Waals surface area contributed by atoms with Crippen LogP contribution in [0.1, 0.15) is 49.7 Å². The zero-order valence-electron chi connectivity index (χ0n) is 24.8. The van der Waals surface area contributed by atoms with E-state index in [0.29, 0.717) is 5.69 Å². The molecular formula is C30H37FN8O3. The van der Waals surface area contributed by atoms with Crippen LogP contribution in [-0.4, -0.2) is 52.5 Å². The summed E-state index contributed by atoms with van der Waals surface area (Å²) in [5, 5.41) is 14.5. The van der Waals surface area contributed by atoms with E-state index in [2.05, 4.69) is 26.0 Å². The van der Waals surface area contributed by atoms with Gasteiger partial charge in [-0.05, 0) is 57.5 Å². The number of nitrogens with zero attached hydrogens (tertiary/aromatic N) is 4. The number of aromatic nitrogens is 3. The van der Waals surface area contributed by atoms with Gasteiger partial charge in [0.2, 0.25) is 0 Å². The molecule has 12 heteroatoms. The van der Waals surface area contributed by atoms with Gasteiger partial charge in [-0.3, -0.25) is 9.48 Å². The molecular weight excluding hydrogens is 539 g/mol. The van der Waals surface area contributed by atoms with Crippen LogP contribution in [0.3, 0.4) is 0 Å². The molecule has 0 radical (unpaired) electrons. The number of anilines is 4. The summed E-state index contributed by atoms with van der Waals surface area (Å²) in [5.41, 5.74) is 7.08. The van der Waals surface area contributed by atoms with E-state index < -0.39 is 35.5 Å². The summed E-state index contributed by atoms with van der Waals surface area (Å²) in [6, 6.07) is 14.7. The number of amides is 2. The molecule has 5 N–H and O–H groups in total. The third-order valence-corrected chi connectivity index (χ3v) is 6.45. The molecule has 0 bridgehead atoms. The molecule has 0 saturated heterocycles. The Kier molecular flexibility index (Phi) is 8.55. The normalized spacial score (nSPS) is 12.9. The highest BCUT2D eigenvalue weighted by atomic mass is 19.1. The zero-order valence-corrected chi connectivity index (χ0v) is 24.8. The van der Waals surface area contributed by atoms with Crippen molar-refractivity contribution in [3.05, 3.63) is 71.5 Å². The van der Waals surface area contributed by atoms with Gasteiger partial charge in [0.1, 0.15) is 11.4 Å². The van der Waals surface area contributed by atoms with Crippen LogP contribution < -0.4 is 26.6 Å². The zero-order chi connectivity index (χ0) is 30.8. The Bertz CT molecular complexity index is 1600. The summed E-state index contributed by atoms with van der Waals surface area (Å²) in [7, 11) is 5.65. The third kappa shape index (κ3) is 6.88. The predicted octanol–water partition coefficient (Wildman–Crippen LogP) is 5.08. The second kappa shape index (κ2) is 11.9. The summed E-state index contributed by atoms with van der Waals surface area (Å²) >= 11 is 0. The highest BCUT2D eigenvalue weighted by molar-refractivity contribution is 5.99. The smallest absolute Gasteiger partial charge is 0.407 e. The average molecular weight is 577 g/mol. The first-order valence-corrected chi connectivity index (χ1v) is 13.5. The van der Waals surface area contributed by atoms with Gasteiger partial charge in [-0.2, -0.15) is 5.10 Å². The van der Waals surface area contributed by atoms with E-state index in [9.17, 15) is 9.59 Å². The van der Waals surface area contributed by atoms with Crippen molar-refractivity contribution in [2.45, 2.75) is 45.4 Å². The van der Waals surface area contributed by atoms with Crippen LogP contribution in [-0.2, 0) is 11.8 Å². The number of alkyl carbamates (subject to hydrolysis) is 1. The number of hydrogen-bond acceptors (Lipinski definition) is 8. The first-order chi connectivity index (χ1) is 19.7. The molecule has 0 aliphatic heterocycles. The topological polar surface area (TPSA) is 139 Å². The minimum atomic E-state index is -0.841. The fourth-order valence-electron chi connectivity index (χ4n) is 4.55. The van der Waals surface area contributed by atoms with Gasteiger partial charge in [-0.15, -0.1) is 0 Å². The van der Waals surface area contributed by atoms with Crippen molar-refractivity contribution in [3.63, 3.8) is 0 Å². The molecule has 2 aromatic heterocycles. The number of primary amides is 1. The van der Waals surface area contributed by atoms with Crippen molar-refractivity contribution in [3.8, 4) is 0 Å². The number of hydrogen-bond donors (Lipinski definition) is 4. The number of rotatable bonds is 9. The van der Waals surface area contributed by atoms with Crippen molar-refractivity contribution >= 4 is 46.0 Å². The van der Waals surface area contributed by atoms with E-state index in [1.807, 2.05) is 74.6 Å². The van der Waals surface area contributed by atoms with Crippen LogP contribution in [0.5, 0.6) is 0 Å². The van der Waals surface area contributed by atoms with E-state index >= 15 is 4.39 Å². The maximum atomic E-state index is 15.4. The molecule has 2 heterocycles. The van der Waals surface area contributed by atoms with Crippen molar-refractivity contribution in [2.24, 2.45) is 12.8 Å². The van der Waals surface area contributed by atoms with Crippen molar-refractivity contribution in [2.75, 3.05) is 29.6 Å². The van der Waals surface area contributed by atoms with E-state index in [-0.39, 0.29) is 17.2 Å². The van der Waals surface area contributed by atoms with Crippen LogP contribution in [0.4, 0.5) is 32.3 Å². The number of nitrogens with two attached hydrogens (primary N) is 1. The first kappa shape index (κ1) is 30.1. The molecule has 11 nitrogen and oxygen atoms in total. The Morgan fingerprint density at radius 3 is 2.38 bits per heavy atom. The number of ether oxygens (including phenoxy) is 1. The number of aryl methyl sites for hydroxylation is 1. The summed E-state index contributed by atoms with van der Waals surface area (Å²) in [6.45, 7) is 7.08. The van der Waals surface area contributed by atoms with Gasteiger partial charge < -0.3 is 31.3 Å². The quantitative estimate of drug-likeness (QED) is 0.216. The SMILES string of the molecule is C[C@H](NC(=O)OC(C)(C)C)[C@H](Nc1nc(Nc2ccc3c(c2)c(N(C)C)nn3C)c(C(N)=O)cc1F)c1ccccc1. The van der Waals surface area contributed by atoms with Gasteiger partial charge in [0.15, 0.2) is 17.5 Å². The van der Waals surface area contributed by atoms with E-state index in [1.165, 1.54) is 0 Å². The number of benzene rings is 2. The Labute approximate surface area is 244 Å². The molecule has 222 valence electrons. The molecule has 0 unspecified atom stereocenters. The summed E-state index contributed by atoms with van der Waals surface area (Å²) in [6.07, 6.45) is -0.611. The van der Waals surface area contributed by atoms with Gasteiger partial charge in [0, 0.05) is 32.2 Å². The van der Waals surface area contributed by atoms with Gasteiger partial charge >= 0.3 is 6.09 Å². The number of halogens is 1. The second-order valence-corrected chi connectivity index (χ2v) is 11.2. The van der Waals surface area contributed by atoms with Crippen molar-refractivity contribution in [1.82, 2.24) is 20.1 Å². The van der Waals surface area contributed by atoms with E-state index in [0.717, 1.165) is 28.4 Å². The fraction of sp³-hybridized carbons (Fsp3) is 0.333. The lowest BCUT2D eigenvalue weighted by Crippen LogP contribution is -2.42. The van der Waals surface area contributed by atoms with Crippen LogP contribution in [0, 0.1) is 5.82 Å². The highest BCUT2D eigenvalue weighted by Gasteiger charge is 2.26. The molecule has 0 fully saturated rings. The second-order valence-electron chi connectivity index (χ2n) is 11.2. The van der Waals surface area contributed by atoms with E-state index in [1.54, 1.807) is 32.4 Å². The molecule has 42 heavy (non-hydrogen) atoms. The lowest BCUT2D eigenvalue weighted by molar-refractivity contribution is 0.0503. The van der Waals surface area contributed by atoms with Crippen molar-refractivity contribution in [1.29, 1.82) is 0 Å². The molecule has 0 aliphatic rings. The number of pyridine rings is 1. The van der Waals surface area contributed by atoms with Gasteiger partial charge in [-0.1, -0.05) is 30.3 Å². The van der Waals surface area contributed by atoms with Crippen LogP contribution in [0.25, 0.3) is 10.9 Å². The van der Waals surface area contributed by atoms with Crippen LogP contribution in [0.15, 0.2) is 54.6 Å². The molecule has 0 saturated carbocycles. The third-order valence-electron chi connectivity index (χ3n) is 6.45. The van der Waals surface area contributed by atoms with Crippen LogP contribution >= 0.6 is 0 Å². The standard InChI is InChI=1S/C30H37FN8O3/c1-17(33-29(41)42-30(2,3)4)24(18-11-9-8-10-12-18)35-27-22(31)16-21(25(32)40)26(36-27)34-19-13-14-23-20(15-19)28(38(5)6)37-39(23)7/h8-17,24H,1-7H3,(H2,32,40)(H,33,41)(H2,34,35,36)/t17-,24-/m0/s1. The molecule has 4 rings (SSSR count). The minimum absolute atomic E-state index is 0.0700. The number of carbonyl (C=O) groups is 2. The summed E-state index contributed by atoms with van der Waals surface area (Å²) in [5.74, 6) is -0.923. The lowest BCUT2D eigenvalue weighted by atomic mass is 10.0. The Hall–Kier alpha value is -4.87. The Morgan fingerprint density at radius 2 is 1.76 bits per heavy atom. The summed E-state index contributed by atoms with van der Waals surface area (Å²) in [4.78, 5) is 31.2. The molecule has 2 atom stereocenters. The summed E-state index contributed by atoms with van der Waals surface area (Å²) < 4.78 is 22.6. The number of nitrogens with one attached hydrogen (secondary N) is 3. The minimum Gasteiger partial charge on any atom is -0.444 e. The van der Waals surface area contributed by atoms with E-state index in [4.69, 9.17) is 10.5 Å². The highest BCUT2D eigenvalue weighted by Crippen LogP contribution is 2.31.